The van der Waals surface area contributed by atoms with Crippen molar-refractivity contribution in [2.45, 2.75) is 46.2 Å². The molecule has 1 unspecified atom stereocenters. The number of aromatic nitrogens is 2. The second-order valence-corrected chi connectivity index (χ2v) is 7.89. The molecule has 3 rings (SSSR count). The van der Waals surface area contributed by atoms with Crippen molar-refractivity contribution < 1.29 is 0 Å². The summed E-state index contributed by atoms with van der Waals surface area (Å²) in [5, 5.41) is 4.39. The molecule has 1 atom stereocenters. The van der Waals surface area contributed by atoms with Crippen molar-refractivity contribution in [1.82, 2.24) is 19.6 Å². The van der Waals surface area contributed by atoms with Gasteiger partial charge in [-0.15, -0.1) is 0 Å². The number of likely N-dealkylation sites (tertiary alicyclic amines) is 1. The molecule has 0 spiro atoms. The Bertz CT molecular complexity index is 678. The highest BCUT2D eigenvalue weighted by atomic mass is 15.3. The molecule has 4 nitrogen and oxygen atoms in total. The van der Waals surface area contributed by atoms with Crippen molar-refractivity contribution in [3.63, 3.8) is 0 Å². The molecule has 1 aliphatic rings. The van der Waals surface area contributed by atoms with Crippen molar-refractivity contribution in [3.05, 3.63) is 53.3 Å². The van der Waals surface area contributed by atoms with Crippen LogP contribution in [0.4, 0.5) is 0 Å². The van der Waals surface area contributed by atoms with Gasteiger partial charge < -0.3 is 9.80 Å². The number of rotatable bonds is 8. The molecular formula is C22H34N4. The minimum Gasteiger partial charge on any atom is -0.303 e. The lowest BCUT2D eigenvalue weighted by molar-refractivity contribution is 0.142. The monoisotopic (exact) mass is 354 g/mol. The van der Waals surface area contributed by atoms with E-state index < -0.39 is 0 Å². The van der Waals surface area contributed by atoms with E-state index in [1.165, 1.54) is 62.1 Å². The van der Waals surface area contributed by atoms with Gasteiger partial charge in [-0.25, -0.2) is 0 Å². The zero-order chi connectivity index (χ0) is 18.4. The van der Waals surface area contributed by atoms with Crippen LogP contribution in [0, 0.1) is 12.8 Å². The van der Waals surface area contributed by atoms with Crippen LogP contribution < -0.4 is 0 Å². The standard InChI is InChI=1S/C22H34N4/c1-4-26-18-21(14-23-26)16-24(3)15-20-9-7-12-25(17-20)13-11-22-10-6-5-8-19(22)2/h5-6,8,10,14,18,20H,4,7,9,11-13,15-17H2,1-3H3. The van der Waals surface area contributed by atoms with Crippen molar-refractivity contribution in [2.24, 2.45) is 5.92 Å². The lowest BCUT2D eigenvalue weighted by Gasteiger charge is -2.34. The van der Waals surface area contributed by atoms with Crippen LogP contribution in [0.3, 0.4) is 0 Å². The summed E-state index contributed by atoms with van der Waals surface area (Å²) in [7, 11) is 2.25. The second kappa shape index (κ2) is 9.33. The molecule has 142 valence electrons. The number of benzene rings is 1. The van der Waals surface area contributed by atoms with Crippen LogP contribution in [-0.2, 0) is 19.5 Å². The zero-order valence-electron chi connectivity index (χ0n) is 16.7. The van der Waals surface area contributed by atoms with Gasteiger partial charge in [-0.05, 0) is 63.7 Å². The zero-order valence-corrected chi connectivity index (χ0v) is 16.7. The smallest absolute Gasteiger partial charge is 0.0534 e. The van der Waals surface area contributed by atoms with Gasteiger partial charge in [0.1, 0.15) is 0 Å². The van der Waals surface area contributed by atoms with Crippen molar-refractivity contribution in [2.75, 3.05) is 33.2 Å². The highest BCUT2D eigenvalue weighted by Crippen LogP contribution is 2.19. The molecule has 1 aromatic carbocycles. The summed E-state index contributed by atoms with van der Waals surface area (Å²) in [4.78, 5) is 5.14. The van der Waals surface area contributed by atoms with Gasteiger partial charge in [0.2, 0.25) is 0 Å². The summed E-state index contributed by atoms with van der Waals surface area (Å²) < 4.78 is 2.01. The Morgan fingerprint density at radius 1 is 1.27 bits per heavy atom. The molecule has 1 fully saturated rings. The topological polar surface area (TPSA) is 24.3 Å². The molecule has 0 aliphatic carbocycles. The van der Waals surface area contributed by atoms with Crippen LogP contribution in [0.25, 0.3) is 0 Å². The van der Waals surface area contributed by atoms with E-state index in [0.29, 0.717) is 0 Å². The Morgan fingerprint density at radius 2 is 2.12 bits per heavy atom. The third-order valence-corrected chi connectivity index (χ3v) is 5.59. The number of nitrogens with zero attached hydrogens (tertiary/aromatic N) is 4. The lowest BCUT2D eigenvalue weighted by Crippen LogP contribution is -2.40. The van der Waals surface area contributed by atoms with E-state index in [4.69, 9.17) is 0 Å². The Morgan fingerprint density at radius 3 is 2.88 bits per heavy atom. The Hall–Kier alpha value is -1.65. The van der Waals surface area contributed by atoms with Gasteiger partial charge >= 0.3 is 0 Å². The Labute approximate surface area is 158 Å². The number of hydrogen-bond donors (Lipinski definition) is 0. The summed E-state index contributed by atoms with van der Waals surface area (Å²) in [5.74, 6) is 0.784. The molecule has 1 aromatic heterocycles. The van der Waals surface area contributed by atoms with Gasteiger partial charge in [0.15, 0.2) is 0 Å². The molecule has 0 bridgehead atoms. The Kier molecular flexibility index (Phi) is 6.86. The fourth-order valence-electron chi connectivity index (χ4n) is 4.15. The molecule has 2 aromatic rings. The quantitative estimate of drug-likeness (QED) is 0.724. The van der Waals surface area contributed by atoms with E-state index in [-0.39, 0.29) is 0 Å². The van der Waals surface area contributed by atoms with E-state index in [9.17, 15) is 0 Å². The minimum atomic E-state index is 0.784. The van der Waals surface area contributed by atoms with Crippen LogP contribution in [-0.4, -0.2) is 52.8 Å². The number of piperidine rings is 1. The first-order chi connectivity index (χ1) is 12.6. The average molecular weight is 355 g/mol. The maximum Gasteiger partial charge on any atom is 0.0534 e. The average Bonchev–Trinajstić information content (AvgIpc) is 3.09. The normalized spacial score (nSPS) is 18.5. The summed E-state index contributed by atoms with van der Waals surface area (Å²) in [5.41, 5.74) is 4.25. The lowest BCUT2D eigenvalue weighted by atomic mass is 9.96. The van der Waals surface area contributed by atoms with E-state index >= 15 is 0 Å². The first-order valence-electron chi connectivity index (χ1n) is 10.1. The molecule has 0 radical (unpaired) electrons. The predicted octanol–water partition coefficient (Wildman–Crippen LogP) is 3.60. The summed E-state index contributed by atoms with van der Waals surface area (Å²) in [6.07, 6.45) is 8.05. The molecule has 0 N–H and O–H groups in total. The SMILES string of the molecule is CCn1cc(CN(C)CC2CCCN(CCc3ccccc3C)C2)cn1. The molecule has 26 heavy (non-hydrogen) atoms. The van der Waals surface area contributed by atoms with Crippen molar-refractivity contribution in [1.29, 1.82) is 0 Å². The van der Waals surface area contributed by atoms with Crippen LogP contribution >= 0.6 is 0 Å². The van der Waals surface area contributed by atoms with Gasteiger partial charge in [-0.1, -0.05) is 24.3 Å². The summed E-state index contributed by atoms with van der Waals surface area (Å²) >= 11 is 0. The summed E-state index contributed by atoms with van der Waals surface area (Å²) in [6, 6.07) is 8.80. The maximum absolute atomic E-state index is 4.39. The van der Waals surface area contributed by atoms with Gasteiger partial charge in [-0.3, -0.25) is 4.68 Å². The third-order valence-electron chi connectivity index (χ3n) is 5.59. The molecular weight excluding hydrogens is 320 g/mol. The van der Waals surface area contributed by atoms with Gasteiger partial charge in [-0.2, -0.15) is 5.10 Å². The van der Waals surface area contributed by atoms with Crippen LogP contribution in [0.15, 0.2) is 36.7 Å². The number of aryl methyl sites for hydroxylation is 2. The highest BCUT2D eigenvalue weighted by molar-refractivity contribution is 5.25. The van der Waals surface area contributed by atoms with Crippen molar-refractivity contribution >= 4 is 0 Å². The molecule has 1 saturated heterocycles. The first kappa shape index (κ1) is 19.1. The number of hydrogen-bond acceptors (Lipinski definition) is 3. The van der Waals surface area contributed by atoms with E-state index in [1.807, 2.05) is 10.9 Å². The van der Waals surface area contributed by atoms with E-state index in [0.717, 1.165) is 19.0 Å². The fraction of sp³-hybridized carbons (Fsp3) is 0.591. The second-order valence-electron chi connectivity index (χ2n) is 7.89. The molecule has 0 saturated carbocycles. The summed E-state index contributed by atoms with van der Waals surface area (Å²) in [6.45, 7) is 11.2. The van der Waals surface area contributed by atoms with Crippen molar-refractivity contribution in [3.8, 4) is 0 Å². The molecule has 1 aliphatic heterocycles. The molecule has 2 heterocycles. The van der Waals surface area contributed by atoms with E-state index in [1.54, 1.807) is 0 Å². The van der Waals surface area contributed by atoms with Crippen LogP contribution in [0.1, 0.15) is 36.5 Å². The first-order valence-corrected chi connectivity index (χ1v) is 10.1. The minimum absolute atomic E-state index is 0.784. The molecule has 4 heteroatoms. The van der Waals surface area contributed by atoms with Gasteiger partial charge in [0.25, 0.3) is 0 Å². The van der Waals surface area contributed by atoms with Gasteiger partial charge in [0.05, 0.1) is 6.20 Å². The predicted molar refractivity (Wildman–Crippen MR) is 108 cm³/mol. The van der Waals surface area contributed by atoms with Crippen LogP contribution in [0.5, 0.6) is 0 Å². The Balaban J connectivity index is 1.44. The largest absolute Gasteiger partial charge is 0.303 e. The molecule has 0 amide bonds. The third kappa shape index (κ3) is 5.42. The maximum atomic E-state index is 4.39. The van der Waals surface area contributed by atoms with Crippen LogP contribution in [0.2, 0.25) is 0 Å². The fourth-order valence-corrected chi connectivity index (χ4v) is 4.15. The van der Waals surface area contributed by atoms with E-state index in [2.05, 4.69) is 66.3 Å². The van der Waals surface area contributed by atoms with Gasteiger partial charge in [0, 0.05) is 44.5 Å². The highest BCUT2D eigenvalue weighted by Gasteiger charge is 2.21.